The summed E-state index contributed by atoms with van der Waals surface area (Å²) in [6, 6.07) is 4.69. The highest BCUT2D eigenvalue weighted by Gasteiger charge is 2.13. The number of nitrogens with zero attached hydrogens (tertiary/aromatic N) is 3. The maximum Gasteiger partial charge on any atom is 0.252 e. The number of nitrogens with one attached hydrogen (secondary N) is 2. The Hall–Kier alpha value is -2.89. The van der Waals surface area contributed by atoms with Gasteiger partial charge in [0.2, 0.25) is 0 Å². The molecule has 0 fully saturated rings. The Labute approximate surface area is 143 Å². The molecule has 2 rings (SSSR count). The maximum absolute atomic E-state index is 11.5. The van der Waals surface area contributed by atoms with E-state index in [0.29, 0.717) is 22.9 Å². The van der Waals surface area contributed by atoms with Crippen LogP contribution >= 0.6 is 11.6 Å². The first-order valence-electron chi connectivity index (χ1n) is 6.94. The van der Waals surface area contributed by atoms with Gasteiger partial charge in [-0.3, -0.25) is 4.79 Å². The van der Waals surface area contributed by atoms with E-state index in [-0.39, 0.29) is 23.2 Å². The zero-order valence-corrected chi connectivity index (χ0v) is 13.5. The van der Waals surface area contributed by atoms with E-state index in [2.05, 4.69) is 20.6 Å². The molecule has 0 aromatic carbocycles. The van der Waals surface area contributed by atoms with Crippen LogP contribution in [0.4, 0.5) is 17.3 Å². The molecule has 0 aliphatic rings. The number of amides is 1. The van der Waals surface area contributed by atoms with Gasteiger partial charge in [-0.2, -0.15) is 5.26 Å². The monoisotopic (exact) mass is 346 g/mol. The van der Waals surface area contributed by atoms with Crippen LogP contribution in [0.15, 0.2) is 24.5 Å². The number of primary amides is 1. The zero-order valence-electron chi connectivity index (χ0n) is 12.7. The number of nitrogens with two attached hydrogens (primary N) is 1. The Morgan fingerprint density at radius 2 is 2.21 bits per heavy atom. The summed E-state index contributed by atoms with van der Waals surface area (Å²) in [6.07, 6.45) is 2.69. The molecular weight excluding hydrogens is 332 g/mol. The molecule has 0 bridgehead atoms. The molecule has 8 nitrogen and oxygen atoms in total. The highest BCUT2D eigenvalue weighted by Crippen LogP contribution is 2.25. The SMILES string of the molecule is C[C@@H](CO)Nc1cc(Nc2ncc(C#N)cc2Cl)ncc1C(N)=O. The second-order valence-corrected chi connectivity index (χ2v) is 5.41. The molecule has 0 radical (unpaired) electrons. The molecular formula is C15H15ClN6O2. The van der Waals surface area contributed by atoms with Gasteiger partial charge in [-0.05, 0) is 13.0 Å². The first-order valence-corrected chi connectivity index (χ1v) is 7.32. The van der Waals surface area contributed by atoms with Crippen molar-refractivity contribution in [3.8, 4) is 6.07 Å². The first-order chi connectivity index (χ1) is 11.4. The molecule has 1 atom stereocenters. The maximum atomic E-state index is 11.5. The minimum atomic E-state index is -0.642. The van der Waals surface area contributed by atoms with E-state index in [0.717, 1.165) is 0 Å². The lowest BCUT2D eigenvalue weighted by Gasteiger charge is -2.16. The van der Waals surface area contributed by atoms with E-state index in [1.165, 1.54) is 18.5 Å². The van der Waals surface area contributed by atoms with Crippen molar-refractivity contribution in [2.24, 2.45) is 5.73 Å². The van der Waals surface area contributed by atoms with Crippen LogP contribution in [0.25, 0.3) is 0 Å². The van der Waals surface area contributed by atoms with Gasteiger partial charge in [0.15, 0.2) is 0 Å². The molecule has 124 valence electrons. The number of pyridine rings is 2. The summed E-state index contributed by atoms with van der Waals surface area (Å²) in [6.45, 7) is 1.63. The highest BCUT2D eigenvalue weighted by atomic mass is 35.5. The summed E-state index contributed by atoms with van der Waals surface area (Å²) in [4.78, 5) is 19.6. The fourth-order valence-electron chi connectivity index (χ4n) is 1.86. The van der Waals surface area contributed by atoms with E-state index in [9.17, 15) is 4.79 Å². The standard InChI is InChI=1S/C15H15ClN6O2/c1-8(7-23)21-12-3-13(19-6-10(12)14(18)24)22-15-11(16)2-9(4-17)5-20-15/h2-3,5-6,8,23H,7H2,1H3,(H2,18,24)(H2,19,20,21,22)/t8-/m0/s1. The largest absolute Gasteiger partial charge is 0.394 e. The molecule has 2 aromatic heterocycles. The number of aliphatic hydroxyl groups is 1. The quantitative estimate of drug-likeness (QED) is 0.623. The van der Waals surface area contributed by atoms with Gasteiger partial charge in [-0.1, -0.05) is 11.6 Å². The van der Waals surface area contributed by atoms with Crippen molar-refractivity contribution < 1.29 is 9.90 Å². The lowest BCUT2D eigenvalue weighted by atomic mass is 10.2. The summed E-state index contributed by atoms with van der Waals surface area (Å²) >= 11 is 6.06. The van der Waals surface area contributed by atoms with Gasteiger partial charge >= 0.3 is 0 Å². The third-order valence-corrected chi connectivity index (χ3v) is 3.35. The van der Waals surface area contributed by atoms with Crippen LogP contribution in [-0.4, -0.2) is 33.6 Å². The summed E-state index contributed by atoms with van der Waals surface area (Å²) in [7, 11) is 0. The Morgan fingerprint density at radius 1 is 1.46 bits per heavy atom. The number of aromatic nitrogens is 2. The predicted molar refractivity (Wildman–Crippen MR) is 90.2 cm³/mol. The number of carbonyl (C=O) groups excluding carboxylic acids is 1. The molecule has 0 aliphatic carbocycles. The smallest absolute Gasteiger partial charge is 0.252 e. The summed E-state index contributed by atoms with van der Waals surface area (Å²) in [5, 5.41) is 24.1. The third-order valence-electron chi connectivity index (χ3n) is 3.06. The molecule has 2 aromatic rings. The van der Waals surface area contributed by atoms with Crippen LogP contribution in [0.5, 0.6) is 0 Å². The van der Waals surface area contributed by atoms with Crippen molar-refractivity contribution >= 4 is 34.8 Å². The van der Waals surface area contributed by atoms with E-state index in [1.807, 2.05) is 6.07 Å². The second kappa shape index (κ2) is 7.59. The molecule has 9 heteroatoms. The number of hydrogen-bond acceptors (Lipinski definition) is 7. The van der Waals surface area contributed by atoms with Crippen LogP contribution in [0.1, 0.15) is 22.8 Å². The predicted octanol–water partition coefficient (Wildman–Crippen LogP) is 1.64. The number of nitriles is 1. The number of carbonyl (C=O) groups is 1. The van der Waals surface area contributed by atoms with Crippen molar-refractivity contribution in [1.82, 2.24) is 9.97 Å². The number of aliphatic hydroxyl groups excluding tert-OH is 1. The van der Waals surface area contributed by atoms with Gasteiger partial charge in [0.05, 0.1) is 28.4 Å². The van der Waals surface area contributed by atoms with Crippen LogP contribution in [0, 0.1) is 11.3 Å². The zero-order chi connectivity index (χ0) is 17.7. The Balaban J connectivity index is 2.33. The average molecular weight is 347 g/mol. The lowest BCUT2D eigenvalue weighted by Crippen LogP contribution is -2.23. The molecule has 5 N–H and O–H groups in total. The normalized spacial score (nSPS) is 11.4. The average Bonchev–Trinajstić information content (AvgIpc) is 2.56. The van der Waals surface area contributed by atoms with Crippen LogP contribution < -0.4 is 16.4 Å². The summed E-state index contributed by atoms with van der Waals surface area (Å²) < 4.78 is 0. The van der Waals surface area contributed by atoms with E-state index in [4.69, 9.17) is 27.7 Å². The van der Waals surface area contributed by atoms with E-state index < -0.39 is 5.91 Å². The molecule has 0 saturated carbocycles. The van der Waals surface area contributed by atoms with Crippen molar-refractivity contribution in [1.29, 1.82) is 5.26 Å². The molecule has 0 aliphatic heterocycles. The Bertz CT molecular complexity index is 805. The molecule has 0 spiro atoms. The van der Waals surface area contributed by atoms with E-state index in [1.54, 1.807) is 13.0 Å². The summed E-state index contributed by atoms with van der Waals surface area (Å²) in [5.41, 5.74) is 6.28. The molecule has 1 amide bonds. The fourth-order valence-corrected chi connectivity index (χ4v) is 2.08. The van der Waals surface area contributed by atoms with Gasteiger partial charge < -0.3 is 21.5 Å². The van der Waals surface area contributed by atoms with Crippen molar-refractivity contribution in [3.05, 3.63) is 40.7 Å². The number of hydrogen-bond donors (Lipinski definition) is 4. The number of rotatable bonds is 6. The number of halogens is 1. The topological polar surface area (TPSA) is 137 Å². The lowest BCUT2D eigenvalue weighted by molar-refractivity contribution is 0.100. The second-order valence-electron chi connectivity index (χ2n) is 5.00. The van der Waals surface area contributed by atoms with Crippen molar-refractivity contribution in [2.75, 3.05) is 17.2 Å². The van der Waals surface area contributed by atoms with Gasteiger partial charge in [0.25, 0.3) is 5.91 Å². The van der Waals surface area contributed by atoms with Crippen molar-refractivity contribution in [3.63, 3.8) is 0 Å². The minimum absolute atomic E-state index is 0.119. The van der Waals surface area contributed by atoms with Crippen LogP contribution in [0.3, 0.4) is 0 Å². The minimum Gasteiger partial charge on any atom is -0.394 e. The van der Waals surface area contributed by atoms with Gasteiger partial charge in [-0.15, -0.1) is 0 Å². The molecule has 24 heavy (non-hydrogen) atoms. The molecule has 2 heterocycles. The van der Waals surface area contributed by atoms with Gasteiger partial charge in [0, 0.05) is 24.5 Å². The molecule has 0 saturated heterocycles. The fraction of sp³-hybridized carbons (Fsp3) is 0.200. The Morgan fingerprint density at radius 3 is 2.79 bits per heavy atom. The first kappa shape index (κ1) is 17.5. The Kier molecular flexibility index (Phi) is 5.52. The number of anilines is 3. The van der Waals surface area contributed by atoms with E-state index >= 15 is 0 Å². The highest BCUT2D eigenvalue weighted by molar-refractivity contribution is 6.33. The van der Waals surface area contributed by atoms with Crippen LogP contribution in [0.2, 0.25) is 5.02 Å². The summed E-state index contributed by atoms with van der Waals surface area (Å²) in [5.74, 6) is 0.0408. The molecule has 0 unspecified atom stereocenters. The van der Waals surface area contributed by atoms with Crippen LogP contribution in [-0.2, 0) is 0 Å². The van der Waals surface area contributed by atoms with Gasteiger partial charge in [0.1, 0.15) is 17.7 Å². The van der Waals surface area contributed by atoms with Gasteiger partial charge in [-0.25, -0.2) is 9.97 Å². The van der Waals surface area contributed by atoms with Crippen molar-refractivity contribution in [2.45, 2.75) is 13.0 Å². The third kappa shape index (κ3) is 4.10.